The van der Waals surface area contributed by atoms with Crippen molar-refractivity contribution in [2.75, 3.05) is 20.3 Å². The van der Waals surface area contributed by atoms with Crippen LogP contribution in [-0.2, 0) is 19.3 Å². The van der Waals surface area contributed by atoms with Crippen molar-refractivity contribution in [3.63, 3.8) is 0 Å². The number of nitrogens with zero attached hydrogens (tertiary/aromatic N) is 3. The highest BCUT2D eigenvalue weighted by atomic mass is 16.5. The summed E-state index contributed by atoms with van der Waals surface area (Å²) in [6, 6.07) is 18.8. The molecule has 50 heavy (non-hydrogen) atoms. The van der Waals surface area contributed by atoms with Crippen molar-refractivity contribution in [1.29, 1.82) is 0 Å². The van der Waals surface area contributed by atoms with Gasteiger partial charge < -0.3 is 24.4 Å². The molecule has 0 bridgehead atoms. The summed E-state index contributed by atoms with van der Waals surface area (Å²) in [4.78, 5) is 11.1. The van der Waals surface area contributed by atoms with Crippen molar-refractivity contribution in [1.82, 2.24) is 15.4 Å². The first-order chi connectivity index (χ1) is 24.4. The fourth-order valence-electron chi connectivity index (χ4n) is 5.35. The van der Waals surface area contributed by atoms with E-state index in [1.165, 1.54) is 37.7 Å². The van der Waals surface area contributed by atoms with Crippen LogP contribution in [0.1, 0.15) is 113 Å². The minimum atomic E-state index is -0.922. The molecule has 4 rings (SSSR count). The third-order valence-electron chi connectivity index (χ3n) is 8.14. The number of aryl methyl sites for hydroxylation is 2. The van der Waals surface area contributed by atoms with Gasteiger partial charge in [-0.2, -0.15) is 0 Å². The summed E-state index contributed by atoms with van der Waals surface area (Å²) in [5, 5.41) is 30.2. The van der Waals surface area contributed by atoms with Gasteiger partial charge in [-0.15, -0.1) is 10.2 Å². The number of phenols is 1. The lowest BCUT2D eigenvalue weighted by atomic mass is 10.0. The first-order valence-electron chi connectivity index (χ1n) is 18.1. The molecule has 0 unspecified atom stereocenters. The number of unbranched alkanes of at least 4 members (excludes halogenated alkanes) is 6. The normalized spacial score (nSPS) is 10.3. The van der Waals surface area contributed by atoms with E-state index in [2.05, 4.69) is 43.1 Å². The highest BCUT2D eigenvalue weighted by Crippen LogP contribution is 2.34. The summed E-state index contributed by atoms with van der Waals surface area (Å²) in [6.45, 7) is 11.9. The van der Waals surface area contributed by atoms with Gasteiger partial charge in [-0.1, -0.05) is 122 Å². The van der Waals surface area contributed by atoms with Crippen LogP contribution in [0.3, 0.4) is 0 Å². The van der Waals surface area contributed by atoms with Crippen LogP contribution in [0, 0.1) is 0 Å². The SMILES string of the molecule is CCCCCCOc1c(CC)cccc1C(=O)O.CCCCCCOc1c(O)ccc(CC)c1CC.COc1cnnnc1-c1ccccc1. The predicted molar refractivity (Wildman–Crippen MR) is 201 cm³/mol. The second kappa shape index (κ2) is 24.5. The van der Waals surface area contributed by atoms with Gasteiger partial charge in [-0.3, -0.25) is 0 Å². The van der Waals surface area contributed by atoms with Crippen LogP contribution in [0.25, 0.3) is 11.3 Å². The quantitative estimate of drug-likeness (QED) is 0.0984. The van der Waals surface area contributed by atoms with E-state index in [4.69, 9.17) is 19.3 Å². The summed E-state index contributed by atoms with van der Waals surface area (Å²) in [5.74, 6) is 1.23. The number of phenolic OH excluding ortho intramolecular Hbond substituents is 1. The number of hydrogen-bond acceptors (Lipinski definition) is 8. The first kappa shape index (κ1) is 41.5. The van der Waals surface area contributed by atoms with Gasteiger partial charge >= 0.3 is 5.97 Å². The molecule has 0 amide bonds. The molecule has 9 nitrogen and oxygen atoms in total. The van der Waals surface area contributed by atoms with Gasteiger partial charge in [0.25, 0.3) is 0 Å². The molecular weight excluding hydrogens is 630 g/mol. The molecule has 0 aliphatic rings. The number of carbonyl (C=O) groups is 1. The molecule has 0 saturated heterocycles. The molecule has 0 fully saturated rings. The van der Waals surface area contributed by atoms with Crippen LogP contribution < -0.4 is 14.2 Å². The molecule has 1 aromatic heterocycles. The smallest absolute Gasteiger partial charge is 0.339 e. The number of para-hydroxylation sites is 1. The van der Waals surface area contributed by atoms with Crippen LogP contribution in [0.5, 0.6) is 23.0 Å². The van der Waals surface area contributed by atoms with E-state index in [1.54, 1.807) is 31.5 Å². The molecule has 3 aromatic carbocycles. The lowest BCUT2D eigenvalue weighted by Crippen LogP contribution is -2.07. The number of carboxylic acid groups (broad SMARTS) is 1. The van der Waals surface area contributed by atoms with E-state index < -0.39 is 5.97 Å². The highest BCUT2D eigenvalue weighted by molar-refractivity contribution is 5.91. The zero-order chi connectivity index (χ0) is 36.6. The monoisotopic (exact) mass is 687 g/mol. The fraction of sp³-hybridized carbons (Fsp3) is 0.463. The Hall–Kier alpha value is -4.66. The Kier molecular flexibility index (Phi) is 20.3. The minimum Gasteiger partial charge on any atom is -0.504 e. The van der Waals surface area contributed by atoms with Gasteiger partial charge in [-0.05, 0) is 60.6 Å². The number of benzene rings is 3. The standard InChI is InChI=1S/C16H26O2.C15H22O3.C10H9N3O/c1-4-7-8-9-12-18-16-14(6-3)13(5-2)10-11-15(16)17;1-3-5-6-7-11-18-14-12(4-2)9-8-10-13(14)15(16)17;1-14-9-7-11-13-12-10(9)8-5-3-2-4-6-8/h10-11,17H,4-9,12H2,1-3H3;8-10H,3-7,11H2,1-2H3,(H,16,17);2-7H,1H3. The van der Waals surface area contributed by atoms with Crippen LogP contribution in [0.4, 0.5) is 0 Å². The Bertz CT molecular complexity index is 1530. The molecule has 0 aliphatic heterocycles. The van der Waals surface area contributed by atoms with Crippen molar-refractivity contribution in [3.8, 4) is 34.3 Å². The Morgan fingerprint density at radius 2 is 1.34 bits per heavy atom. The third-order valence-corrected chi connectivity index (χ3v) is 8.14. The Balaban J connectivity index is 0.000000262. The van der Waals surface area contributed by atoms with Crippen molar-refractivity contribution in [3.05, 3.63) is 89.1 Å². The van der Waals surface area contributed by atoms with Gasteiger partial charge in [0.2, 0.25) is 0 Å². The van der Waals surface area contributed by atoms with E-state index in [1.807, 2.05) is 49.4 Å². The van der Waals surface area contributed by atoms with Crippen LogP contribution in [0.15, 0.2) is 66.9 Å². The average Bonchev–Trinajstić information content (AvgIpc) is 3.15. The Labute approximate surface area is 299 Å². The predicted octanol–water partition coefficient (Wildman–Crippen LogP) is 9.93. The zero-order valence-corrected chi connectivity index (χ0v) is 30.9. The van der Waals surface area contributed by atoms with Crippen molar-refractivity contribution >= 4 is 5.97 Å². The second-order valence-corrected chi connectivity index (χ2v) is 11.7. The number of rotatable bonds is 18. The molecule has 0 saturated carbocycles. The molecule has 4 aromatic rings. The van der Waals surface area contributed by atoms with Crippen LogP contribution >= 0.6 is 0 Å². The Morgan fingerprint density at radius 3 is 1.90 bits per heavy atom. The van der Waals surface area contributed by atoms with Gasteiger partial charge in [-0.25, -0.2) is 4.79 Å². The lowest BCUT2D eigenvalue weighted by Gasteiger charge is -2.15. The molecule has 1 heterocycles. The van der Waals surface area contributed by atoms with Gasteiger partial charge in [0.1, 0.15) is 17.0 Å². The van der Waals surface area contributed by atoms with Crippen molar-refractivity contribution in [2.24, 2.45) is 0 Å². The third kappa shape index (κ3) is 13.7. The molecule has 2 N–H and O–H groups in total. The van der Waals surface area contributed by atoms with Crippen LogP contribution in [0.2, 0.25) is 0 Å². The summed E-state index contributed by atoms with van der Waals surface area (Å²) >= 11 is 0. The summed E-state index contributed by atoms with van der Waals surface area (Å²) in [6.07, 6.45) is 13.5. The topological polar surface area (TPSA) is 124 Å². The fourth-order valence-corrected chi connectivity index (χ4v) is 5.35. The molecule has 9 heteroatoms. The molecule has 272 valence electrons. The number of aromatic hydroxyl groups is 1. The van der Waals surface area contributed by atoms with E-state index in [9.17, 15) is 9.90 Å². The summed E-state index contributed by atoms with van der Waals surface area (Å²) < 4.78 is 16.6. The molecule has 0 spiro atoms. The average molecular weight is 688 g/mol. The Morgan fingerprint density at radius 1 is 0.700 bits per heavy atom. The molecule has 0 aliphatic carbocycles. The highest BCUT2D eigenvalue weighted by Gasteiger charge is 2.15. The number of hydrogen-bond donors (Lipinski definition) is 2. The van der Waals surface area contributed by atoms with Crippen molar-refractivity contribution < 1.29 is 29.2 Å². The summed E-state index contributed by atoms with van der Waals surface area (Å²) in [7, 11) is 1.59. The van der Waals surface area contributed by atoms with Crippen LogP contribution in [-0.4, -0.2) is 51.9 Å². The largest absolute Gasteiger partial charge is 0.504 e. The minimum absolute atomic E-state index is 0.268. The maximum atomic E-state index is 11.1. The van der Waals surface area contributed by atoms with E-state index in [-0.39, 0.29) is 11.3 Å². The van der Waals surface area contributed by atoms with E-state index >= 15 is 0 Å². The number of methoxy groups -OCH3 is 1. The lowest BCUT2D eigenvalue weighted by molar-refractivity contribution is 0.0692. The first-order valence-corrected chi connectivity index (χ1v) is 18.1. The number of ether oxygens (including phenoxy) is 3. The van der Waals surface area contributed by atoms with Gasteiger partial charge in [0.05, 0.1) is 26.5 Å². The summed E-state index contributed by atoms with van der Waals surface area (Å²) in [5.41, 5.74) is 5.35. The number of aromatic carboxylic acids is 1. The maximum absolute atomic E-state index is 11.1. The zero-order valence-electron chi connectivity index (χ0n) is 30.9. The maximum Gasteiger partial charge on any atom is 0.339 e. The number of aromatic nitrogens is 3. The second-order valence-electron chi connectivity index (χ2n) is 11.7. The number of carboxylic acids is 1. The molecular formula is C41H57N3O6. The van der Waals surface area contributed by atoms with E-state index in [0.29, 0.717) is 36.2 Å². The molecule has 0 radical (unpaired) electrons. The van der Waals surface area contributed by atoms with Crippen molar-refractivity contribution in [2.45, 2.75) is 105 Å². The van der Waals surface area contributed by atoms with E-state index in [0.717, 1.165) is 55.2 Å². The van der Waals surface area contributed by atoms with Gasteiger partial charge in [0, 0.05) is 11.1 Å². The molecule has 0 atom stereocenters. The van der Waals surface area contributed by atoms with Gasteiger partial charge in [0.15, 0.2) is 17.2 Å².